The molecule has 0 unspecified atom stereocenters. The minimum Gasteiger partial charge on any atom is -1.00 e. The maximum atomic E-state index is 4.19. The summed E-state index contributed by atoms with van der Waals surface area (Å²) in [6.07, 6.45) is 3.91. The number of thioether (sulfide) groups is 1. The van der Waals surface area contributed by atoms with Crippen molar-refractivity contribution in [1.29, 1.82) is 0 Å². The Kier molecular flexibility index (Phi) is 1.93. The van der Waals surface area contributed by atoms with Crippen molar-refractivity contribution in [2.45, 2.75) is 0 Å². The van der Waals surface area contributed by atoms with Crippen LogP contribution in [-0.4, -0.2) is 16.6 Å². The van der Waals surface area contributed by atoms with Gasteiger partial charge in [0.25, 0.3) is 5.04 Å². The predicted octanol–water partition coefficient (Wildman–Crippen LogP) is -3.86. The highest BCUT2D eigenvalue weighted by Gasteiger charge is 2.22. The lowest BCUT2D eigenvalue weighted by Crippen LogP contribution is -3.00. The van der Waals surface area contributed by atoms with E-state index in [4.69, 9.17) is 0 Å². The standard InChI is InChI=1S/C5H4N2S.ClH/c1-2-6-5-4(1)7-3-8-5;/h1-2H,3H2;1H. The first-order valence-electron chi connectivity index (χ1n) is 2.44. The maximum absolute atomic E-state index is 4.19. The zero-order valence-corrected chi connectivity index (χ0v) is 6.17. The zero-order valence-electron chi connectivity index (χ0n) is 4.60. The van der Waals surface area contributed by atoms with Gasteiger partial charge in [-0.1, -0.05) is 0 Å². The molecule has 2 rings (SSSR count). The van der Waals surface area contributed by atoms with Gasteiger partial charge in [0.1, 0.15) is 5.71 Å². The number of fused-ring (bicyclic) bond motifs is 1. The van der Waals surface area contributed by atoms with Crippen LogP contribution in [0.15, 0.2) is 17.3 Å². The van der Waals surface area contributed by atoms with Gasteiger partial charge < -0.3 is 12.4 Å². The van der Waals surface area contributed by atoms with Crippen LogP contribution in [0.4, 0.5) is 0 Å². The molecule has 0 amide bonds. The Bertz CT molecular complexity index is 207. The Labute approximate surface area is 63.6 Å². The molecule has 0 atom stereocenters. The molecule has 2 heterocycles. The van der Waals surface area contributed by atoms with E-state index in [9.17, 15) is 0 Å². The lowest BCUT2D eigenvalue weighted by atomic mass is 10.4. The number of nitrogens with zero attached hydrogens (tertiary/aromatic N) is 1. The van der Waals surface area contributed by atoms with Gasteiger partial charge in [0.2, 0.25) is 0 Å². The van der Waals surface area contributed by atoms with Crippen molar-refractivity contribution in [3.05, 3.63) is 12.3 Å². The van der Waals surface area contributed by atoms with Crippen LogP contribution in [0.3, 0.4) is 0 Å². The summed E-state index contributed by atoms with van der Waals surface area (Å²) >= 11 is 1.75. The molecule has 0 aromatic heterocycles. The van der Waals surface area contributed by atoms with Crippen molar-refractivity contribution in [3.8, 4) is 0 Å². The van der Waals surface area contributed by atoms with Crippen LogP contribution < -0.4 is 17.4 Å². The summed E-state index contributed by atoms with van der Waals surface area (Å²) in [6.45, 7) is 0. The summed E-state index contributed by atoms with van der Waals surface area (Å²) in [4.78, 5) is 7.28. The second-order valence-electron chi connectivity index (χ2n) is 1.62. The molecule has 4 heteroatoms. The van der Waals surface area contributed by atoms with Gasteiger partial charge in [0.15, 0.2) is 6.20 Å². The highest BCUT2D eigenvalue weighted by molar-refractivity contribution is 8.16. The molecule has 0 fully saturated rings. The molecule has 2 aliphatic heterocycles. The lowest BCUT2D eigenvalue weighted by Gasteiger charge is -1.73. The first-order chi connectivity index (χ1) is 3.97. The highest BCUT2D eigenvalue weighted by atomic mass is 35.5. The molecule has 2 aliphatic rings. The molecule has 9 heavy (non-hydrogen) atoms. The number of rotatable bonds is 0. The first kappa shape index (κ1) is 6.83. The molecular formula is C5H5ClN2S. The van der Waals surface area contributed by atoms with Crippen molar-refractivity contribution in [1.82, 2.24) is 0 Å². The quantitative estimate of drug-likeness (QED) is 0.386. The lowest BCUT2D eigenvalue weighted by molar-refractivity contribution is -0.364. The second-order valence-corrected chi connectivity index (χ2v) is 2.58. The Balaban J connectivity index is 0.000000405. The number of hydrogen-bond donors (Lipinski definition) is 1. The molecule has 0 radical (unpaired) electrons. The van der Waals surface area contributed by atoms with E-state index in [-0.39, 0.29) is 12.4 Å². The summed E-state index contributed by atoms with van der Waals surface area (Å²) in [5.41, 5.74) is 1.12. The largest absolute Gasteiger partial charge is 1.00 e. The normalized spacial score (nSPS) is 20.4. The van der Waals surface area contributed by atoms with Gasteiger partial charge in [-0.3, -0.25) is 4.99 Å². The molecule has 0 saturated carbocycles. The zero-order chi connectivity index (χ0) is 5.40. The minimum atomic E-state index is 0. The van der Waals surface area contributed by atoms with E-state index in [1.54, 1.807) is 11.8 Å². The van der Waals surface area contributed by atoms with Gasteiger partial charge in [0, 0.05) is 6.08 Å². The number of halogens is 1. The van der Waals surface area contributed by atoms with Crippen LogP contribution >= 0.6 is 11.8 Å². The van der Waals surface area contributed by atoms with Crippen LogP contribution in [0.5, 0.6) is 0 Å². The number of allylic oxidation sites excluding steroid dienone is 1. The van der Waals surface area contributed by atoms with Gasteiger partial charge in [-0.05, 0) is 11.8 Å². The van der Waals surface area contributed by atoms with E-state index in [1.165, 1.54) is 5.04 Å². The molecule has 0 aromatic rings. The third kappa shape index (κ3) is 1.02. The Hall–Kier alpha value is -0.280. The first-order valence-corrected chi connectivity index (χ1v) is 3.43. The number of aliphatic imine (C=N–C) groups is 1. The van der Waals surface area contributed by atoms with Gasteiger partial charge in [-0.15, -0.1) is 0 Å². The van der Waals surface area contributed by atoms with E-state index in [0.717, 1.165) is 11.6 Å². The van der Waals surface area contributed by atoms with Crippen molar-refractivity contribution >= 4 is 22.5 Å². The molecule has 2 nitrogen and oxygen atoms in total. The van der Waals surface area contributed by atoms with E-state index < -0.39 is 0 Å². The molecule has 0 aromatic carbocycles. The van der Waals surface area contributed by atoms with Gasteiger partial charge in [-0.25, -0.2) is 4.99 Å². The van der Waals surface area contributed by atoms with E-state index >= 15 is 0 Å². The molecule has 0 aliphatic carbocycles. The number of nitrogens with one attached hydrogen (secondary N) is 1. The van der Waals surface area contributed by atoms with Gasteiger partial charge >= 0.3 is 0 Å². The fourth-order valence-corrected chi connectivity index (χ4v) is 1.52. The van der Waals surface area contributed by atoms with Crippen molar-refractivity contribution in [2.75, 3.05) is 5.88 Å². The van der Waals surface area contributed by atoms with Crippen LogP contribution in [0.1, 0.15) is 0 Å². The Morgan fingerprint density at radius 3 is 3.33 bits per heavy atom. The minimum absolute atomic E-state index is 0. The summed E-state index contributed by atoms with van der Waals surface area (Å²) in [5.74, 6) is 0.891. The van der Waals surface area contributed by atoms with Gasteiger partial charge in [0.05, 0.1) is 5.88 Å². The van der Waals surface area contributed by atoms with Crippen LogP contribution in [-0.2, 0) is 0 Å². The Morgan fingerprint density at radius 2 is 2.56 bits per heavy atom. The smallest absolute Gasteiger partial charge is 0.265 e. The number of hydrogen-bond acceptors (Lipinski definition) is 2. The monoisotopic (exact) mass is 160 g/mol. The third-order valence-electron chi connectivity index (χ3n) is 1.13. The summed E-state index contributed by atoms with van der Waals surface area (Å²) < 4.78 is 0. The van der Waals surface area contributed by atoms with Crippen LogP contribution in [0.25, 0.3) is 0 Å². The van der Waals surface area contributed by atoms with Crippen molar-refractivity contribution in [3.63, 3.8) is 0 Å². The van der Waals surface area contributed by atoms with E-state index in [0.29, 0.717) is 0 Å². The summed E-state index contributed by atoms with van der Waals surface area (Å²) in [5, 5.41) is 1.21. The van der Waals surface area contributed by atoms with Gasteiger partial charge in [-0.2, -0.15) is 0 Å². The Morgan fingerprint density at radius 1 is 1.67 bits per heavy atom. The molecular weight excluding hydrogens is 156 g/mol. The average Bonchev–Trinajstić information content (AvgIpc) is 2.15. The average molecular weight is 161 g/mol. The third-order valence-corrected chi connectivity index (χ3v) is 2.01. The van der Waals surface area contributed by atoms with E-state index in [2.05, 4.69) is 9.98 Å². The van der Waals surface area contributed by atoms with E-state index in [1.807, 2.05) is 12.3 Å². The molecule has 1 N–H and O–H groups in total. The van der Waals surface area contributed by atoms with Crippen LogP contribution in [0.2, 0.25) is 0 Å². The molecule has 0 spiro atoms. The summed E-state index contributed by atoms with van der Waals surface area (Å²) in [6, 6.07) is 0. The fourth-order valence-electron chi connectivity index (χ4n) is 0.752. The molecule has 48 valence electrons. The van der Waals surface area contributed by atoms with Crippen molar-refractivity contribution in [2.24, 2.45) is 4.99 Å². The molecule has 0 saturated heterocycles. The fraction of sp³-hybridized carbons (Fsp3) is 0.200. The topological polar surface area (TPSA) is 26.3 Å². The van der Waals surface area contributed by atoms with Crippen LogP contribution in [0, 0.1) is 0 Å². The highest BCUT2D eigenvalue weighted by Crippen LogP contribution is 2.12. The predicted molar refractivity (Wildman–Crippen MR) is 35.0 cm³/mol. The second kappa shape index (κ2) is 2.54. The maximum Gasteiger partial charge on any atom is 0.265 e. The SMILES string of the molecule is C1=CC2=NCSC2=[NH+]1.[Cl-]. The van der Waals surface area contributed by atoms with Crippen molar-refractivity contribution < 1.29 is 17.4 Å². The molecule has 0 bridgehead atoms. The summed E-state index contributed by atoms with van der Waals surface area (Å²) in [7, 11) is 0.